The van der Waals surface area contributed by atoms with Crippen molar-refractivity contribution in [2.24, 2.45) is 0 Å². The van der Waals surface area contributed by atoms with Crippen molar-refractivity contribution in [3.63, 3.8) is 0 Å². The molecule has 1 aliphatic heterocycles. The van der Waals surface area contributed by atoms with Gasteiger partial charge in [0.2, 0.25) is 10.0 Å². The molecule has 2 N–H and O–H groups in total. The Kier molecular flexibility index (Phi) is 4.76. The Hall–Kier alpha value is -2.08. The van der Waals surface area contributed by atoms with Crippen LogP contribution in [0.3, 0.4) is 0 Å². The number of carbonyl (C=O) groups is 1. The van der Waals surface area contributed by atoms with E-state index < -0.39 is 15.9 Å². The van der Waals surface area contributed by atoms with Gasteiger partial charge in [0.25, 0.3) is 5.91 Å². The zero-order chi connectivity index (χ0) is 17.2. The van der Waals surface area contributed by atoms with E-state index in [-0.39, 0.29) is 9.77 Å². The second-order valence-electron chi connectivity index (χ2n) is 5.03. The number of piperazine rings is 1. The van der Waals surface area contributed by atoms with Gasteiger partial charge in [-0.1, -0.05) is 11.3 Å². The second kappa shape index (κ2) is 6.81. The van der Waals surface area contributed by atoms with Gasteiger partial charge in [0, 0.05) is 38.6 Å². The number of anilines is 1. The average Bonchev–Trinajstić information content (AvgIpc) is 3.12. The van der Waals surface area contributed by atoms with E-state index in [1.165, 1.54) is 29.0 Å². The summed E-state index contributed by atoms with van der Waals surface area (Å²) < 4.78 is 26.5. The topological polar surface area (TPSA) is 116 Å². The van der Waals surface area contributed by atoms with Crippen molar-refractivity contribution in [3.8, 4) is 0 Å². The van der Waals surface area contributed by atoms with Crippen LogP contribution in [0, 0.1) is 0 Å². The van der Waals surface area contributed by atoms with Gasteiger partial charge in [-0.3, -0.25) is 15.0 Å². The molecule has 0 spiro atoms. The number of carbonyl (C=O) groups excluding carboxylic acids is 1. The fraction of sp³-hybridized carbons (Fsp3) is 0.308. The summed E-state index contributed by atoms with van der Waals surface area (Å²) in [5, 5.41) is 9.25. The first-order valence-corrected chi connectivity index (χ1v) is 9.33. The number of nitrogens with one attached hydrogen (secondary N) is 1. The molecule has 0 radical (unpaired) electrons. The quantitative estimate of drug-likeness (QED) is 0.583. The zero-order valence-corrected chi connectivity index (χ0v) is 14.1. The van der Waals surface area contributed by atoms with Crippen molar-refractivity contribution in [3.05, 3.63) is 35.6 Å². The lowest BCUT2D eigenvalue weighted by atomic mass is 10.4. The molecule has 0 unspecified atom stereocenters. The highest BCUT2D eigenvalue weighted by Gasteiger charge is 2.29. The monoisotopic (exact) mass is 369 g/mol. The lowest BCUT2D eigenvalue weighted by Crippen LogP contribution is -2.48. The average molecular weight is 369 g/mol. The fourth-order valence-electron chi connectivity index (χ4n) is 2.34. The van der Waals surface area contributed by atoms with Crippen molar-refractivity contribution in [2.45, 2.75) is 4.90 Å². The van der Waals surface area contributed by atoms with E-state index in [1.807, 2.05) is 4.90 Å². The van der Waals surface area contributed by atoms with Crippen molar-refractivity contribution in [1.29, 1.82) is 0 Å². The highest BCUT2D eigenvalue weighted by molar-refractivity contribution is 7.89. The van der Waals surface area contributed by atoms with Gasteiger partial charge >= 0.3 is 0 Å². The van der Waals surface area contributed by atoms with Crippen LogP contribution in [0.25, 0.3) is 0 Å². The number of sulfonamides is 1. The molecule has 0 aromatic carbocycles. The number of hydrogen-bond donors (Lipinski definition) is 2. The first-order valence-electron chi connectivity index (χ1n) is 7.08. The van der Waals surface area contributed by atoms with Gasteiger partial charge < -0.3 is 4.90 Å². The molecule has 128 valence electrons. The minimum atomic E-state index is -3.55. The maximum Gasteiger partial charge on any atom is 0.286 e. The number of aromatic nitrogens is 2. The fourth-order valence-corrected chi connectivity index (χ4v) is 4.58. The number of hydroxylamine groups is 1. The van der Waals surface area contributed by atoms with Crippen LogP contribution in [0.4, 0.5) is 5.13 Å². The van der Waals surface area contributed by atoms with E-state index in [9.17, 15) is 13.2 Å². The van der Waals surface area contributed by atoms with E-state index in [4.69, 9.17) is 5.21 Å². The number of rotatable bonds is 4. The van der Waals surface area contributed by atoms with Crippen LogP contribution in [0.1, 0.15) is 9.67 Å². The van der Waals surface area contributed by atoms with E-state index in [2.05, 4.69) is 9.97 Å². The van der Waals surface area contributed by atoms with Crippen LogP contribution in [0.15, 0.2) is 35.6 Å². The number of amides is 1. The number of hydrogen-bond acceptors (Lipinski definition) is 8. The summed E-state index contributed by atoms with van der Waals surface area (Å²) in [5.74, 6) is -0.614. The molecule has 9 nitrogen and oxygen atoms in total. The summed E-state index contributed by atoms with van der Waals surface area (Å²) in [5.41, 5.74) is 1.56. The van der Waals surface area contributed by atoms with Gasteiger partial charge in [-0.2, -0.15) is 4.31 Å². The Morgan fingerprint density at radius 3 is 2.62 bits per heavy atom. The molecule has 0 atom stereocenters. The summed E-state index contributed by atoms with van der Waals surface area (Å²) in [6.45, 7) is 1.57. The number of thiazole rings is 1. The van der Waals surface area contributed by atoms with Crippen molar-refractivity contribution >= 4 is 32.4 Å². The third-order valence-electron chi connectivity index (χ3n) is 3.60. The largest absolute Gasteiger partial charge is 0.345 e. The van der Waals surface area contributed by atoms with Gasteiger partial charge in [-0.05, 0) is 12.1 Å². The van der Waals surface area contributed by atoms with Crippen LogP contribution >= 0.6 is 11.3 Å². The molecule has 1 fully saturated rings. The second-order valence-corrected chi connectivity index (χ2v) is 7.97. The van der Waals surface area contributed by atoms with E-state index in [0.29, 0.717) is 31.3 Å². The smallest absolute Gasteiger partial charge is 0.286 e. The van der Waals surface area contributed by atoms with Gasteiger partial charge in [0.15, 0.2) is 5.13 Å². The minimum absolute atomic E-state index is 0.176. The molecule has 2 aromatic heterocycles. The predicted molar refractivity (Wildman–Crippen MR) is 86.6 cm³/mol. The zero-order valence-electron chi connectivity index (χ0n) is 12.5. The van der Waals surface area contributed by atoms with Crippen molar-refractivity contribution < 1.29 is 18.4 Å². The maximum absolute atomic E-state index is 12.5. The standard InChI is InChI=1S/C13H15N5O4S2/c19-12(16-20)11-9-15-13(23-11)17-4-6-18(7-5-17)24(21,22)10-2-1-3-14-8-10/h1-3,8-9,20H,4-7H2,(H,16,19). The van der Waals surface area contributed by atoms with Crippen molar-refractivity contribution in [2.75, 3.05) is 31.1 Å². The summed E-state index contributed by atoms with van der Waals surface area (Å²) in [6, 6.07) is 3.11. The molecule has 3 rings (SSSR count). The summed E-state index contributed by atoms with van der Waals surface area (Å²) >= 11 is 1.14. The Morgan fingerprint density at radius 2 is 2.00 bits per heavy atom. The van der Waals surface area contributed by atoms with Crippen molar-refractivity contribution in [1.82, 2.24) is 19.8 Å². The number of nitrogens with zero attached hydrogens (tertiary/aromatic N) is 4. The van der Waals surface area contributed by atoms with Gasteiger partial charge in [0.05, 0.1) is 6.20 Å². The van der Waals surface area contributed by atoms with Gasteiger partial charge in [-0.25, -0.2) is 18.9 Å². The Labute approximate surface area is 142 Å². The Bertz CT molecular complexity index is 816. The Balaban J connectivity index is 1.68. The molecule has 2 aromatic rings. The van der Waals surface area contributed by atoms with E-state index in [1.54, 1.807) is 11.5 Å². The third kappa shape index (κ3) is 3.24. The normalized spacial score (nSPS) is 16.1. The molecule has 0 saturated carbocycles. The lowest BCUT2D eigenvalue weighted by molar-refractivity contribution is 0.0710. The molecule has 1 amide bonds. The third-order valence-corrected chi connectivity index (χ3v) is 6.54. The van der Waals surface area contributed by atoms with E-state index >= 15 is 0 Å². The highest BCUT2D eigenvalue weighted by Crippen LogP contribution is 2.25. The molecule has 3 heterocycles. The minimum Gasteiger partial charge on any atom is -0.345 e. The molecule has 1 aliphatic rings. The lowest BCUT2D eigenvalue weighted by Gasteiger charge is -2.33. The van der Waals surface area contributed by atoms with Crippen LogP contribution in [0.2, 0.25) is 0 Å². The first-order chi connectivity index (χ1) is 11.5. The van der Waals surface area contributed by atoms with Gasteiger partial charge in [0.1, 0.15) is 9.77 Å². The van der Waals surface area contributed by atoms with Gasteiger partial charge in [-0.15, -0.1) is 0 Å². The summed E-state index contributed by atoms with van der Waals surface area (Å²) in [4.78, 5) is 21.7. The van der Waals surface area contributed by atoms with E-state index in [0.717, 1.165) is 11.3 Å². The SMILES string of the molecule is O=C(NO)c1cnc(N2CCN(S(=O)(=O)c3cccnc3)CC2)s1. The Morgan fingerprint density at radius 1 is 1.25 bits per heavy atom. The van der Waals surface area contributed by atoms with Crippen LogP contribution in [0.5, 0.6) is 0 Å². The van der Waals surface area contributed by atoms with Crippen LogP contribution < -0.4 is 10.4 Å². The molecule has 11 heteroatoms. The van der Waals surface area contributed by atoms with Crippen LogP contribution in [-0.2, 0) is 10.0 Å². The molecular weight excluding hydrogens is 354 g/mol. The summed E-state index contributed by atoms with van der Waals surface area (Å²) in [6.07, 6.45) is 4.24. The number of pyridine rings is 1. The first kappa shape index (κ1) is 16.8. The predicted octanol–water partition coefficient (Wildman–Crippen LogP) is 0.168. The molecule has 24 heavy (non-hydrogen) atoms. The molecule has 0 bridgehead atoms. The van der Waals surface area contributed by atoms with Crippen LogP contribution in [-0.4, -0.2) is 60.0 Å². The molecule has 0 aliphatic carbocycles. The molecular formula is C13H15N5O4S2. The maximum atomic E-state index is 12.5. The molecule has 1 saturated heterocycles. The summed E-state index contributed by atoms with van der Waals surface area (Å²) in [7, 11) is -3.55. The highest BCUT2D eigenvalue weighted by atomic mass is 32.2.